The van der Waals surface area contributed by atoms with Gasteiger partial charge in [-0.1, -0.05) is 164 Å². The van der Waals surface area contributed by atoms with Crippen LogP contribution in [-0.4, -0.2) is 0 Å². The molecule has 0 saturated carbocycles. The molecule has 54 heavy (non-hydrogen) atoms. The molecule has 0 spiro atoms. The lowest BCUT2D eigenvalue weighted by molar-refractivity contribution is 0.673. The van der Waals surface area contributed by atoms with Crippen molar-refractivity contribution in [2.45, 2.75) is 0 Å². The first-order valence-electron chi connectivity index (χ1n) is 18.4. The number of hydrogen-bond acceptors (Lipinski definition) is 2. The Morgan fingerprint density at radius 3 is 1.28 bits per heavy atom. The van der Waals surface area contributed by atoms with Gasteiger partial charge in [0.25, 0.3) is 0 Å². The molecular formula is C52H35NO. The van der Waals surface area contributed by atoms with E-state index in [1.807, 2.05) is 0 Å². The fourth-order valence-corrected chi connectivity index (χ4v) is 7.75. The molecule has 0 radical (unpaired) electrons. The number of rotatable bonds is 7. The second-order valence-corrected chi connectivity index (χ2v) is 13.7. The van der Waals surface area contributed by atoms with Crippen molar-refractivity contribution in [1.82, 2.24) is 0 Å². The van der Waals surface area contributed by atoms with E-state index in [1.54, 1.807) is 0 Å². The van der Waals surface area contributed by atoms with E-state index in [0.29, 0.717) is 0 Å². The first kappa shape index (κ1) is 31.6. The van der Waals surface area contributed by atoms with Crippen LogP contribution < -0.4 is 4.90 Å². The number of hydrogen-bond donors (Lipinski definition) is 0. The zero-order chi connectivity index (χ0) is 35.8. The molecule has 254 valence electrons. The molecule has 1 aromatic heterocycles. The fraction of sp³-hybridized carbons (Fsp3) is 0. The van der Waals surface area contributed by atoms with E-state index in [9.17, 15) is 0 Å². The van der Waals surface area contributed by atoms with Crippen molar-refractivity contribution in [3.63, 3.8) is 0 Å². The predicted molar refractivity (Wildman–Crippen MR) is 228 cm³/mol. The van der Waals surface area contributed by atoms with Crippen molar-refractivity contribution in [1.29, 1.82) is 0 Å². The fourth-order valence-electron chi connectivity index (χ4n) is 7.75. The van der Waals surface area contributed by atoms with E-state index in [4.69, 9.17) is 4.42 Å². The Kier molecular flexibility index (Phi) is 7.85. The average Bonchev–Trinajstić information content (AvgIpc) is 3.65. The molecule has 10 rings (SSSR count). The van der Waals surface area contributed by atoms with Crippen LogP contribution in [0.25, 0.3) is 77.2 Å². The molecule has 0 atom stereocenters. The van der Waals surface area contributed by atoms with Crippen LogP contribution >= 0.6 is 0 Å². The Balaban J connectivity index is 1.02. The smallest absolute Gasteiger partial charge is 0.143 e. The van der Waals surface area contributed by atoms with E-state index in [0.717, 1.165) is 55.5 Å². The molecule has 0 fully saturated rings. The lowest BCUT2D eigenvalue weighted by Gasteiger charge is -2.26. The van der Waals surface area contributed by atoms with E-state index < -0.39 is 0 Å². The molecule has 9 aromatic carbocycles. The summed E-state index contributed by atoms with van der Waals surface area (Å²) >= 11 is 0. The van der Waals surface area contributed by atoms with Crippen molar-refractivity contribution < 1.29 is 4.42 Å². The van der Waals surface area contributed by atoms with Gasteiger partial charge in [-0.15, -0.1) is 0 Å². The maximum absolute atomic E-state index is 6.51. The largest absolute Gasteiger partial charge is 0.455 e. The summed E-state index contributed by atoms with van der Waals surface area (Å²) in [4.78, 5) is 2.33. The molecule has 1 heterocycles. The van der Waals surface area contributed by atoms with Crippen LogP contribution in [0.2, 0.25) is 0 Å². The zero-order valence-corrected chi connectivity index (χ0v) is 29.6. The molecule has 2 nitrogen and oxygen atoms in total. The minimum atomic E-state index is 0.901. The van der Waals surface area contributed by atoms with E-state index >= 15 is 0 Å². The standard InChI is InChI=1S/C52H35NO/c1-3-10-36(11-4-1)38-18-20-39(21-19-38)41-24-31-45(32-25-41)53(44-29-22-40(23-30-44)37-12-5-2-6-13-37)46-33-26-43(27-34-46)47-16-9-17-50-51(47)49-35-28-42-14-7-8-15-48(42)52(49)54-50/h1-35H. The number of fused-ring (bicyclic) bond motifs is 5. The first-order valence-corrected chi connectivity index (χ1v) is 18.4. The highest BCUT2D eigenvalue weighted by Crippen LogP contribution is 2.42. The lowest BCUT2D eigenvalue weighted by atomic mass is 9.97. The summed E-state index contributed by atoms with van der Waals surface area (Å²) in [5.41, 5.74) is 14.6. The second kappa shape index (κ2) is 13.4. The minimum Gasteiger partial charge on any atom is -0.455 e. The molecule has 10 aromatic rings. The highest BCUT2D eigenvalue weighted by atomic mass is 16.3. The summed E-state index contributed by atoms with van der Waals surface area (Å²) < 4.78 is 6.51. The van der Waals surface area contributed by atoms with Crippen molar-refractivity contribution in [3.8, 4) is 44.5 Å². The Bertz CT molecular complexity index is 2870. The summed E-state index contributed by atoms with van der Waals surface area (Å²) in [5.74, 6) is 0. The summed E-state index contributed by atoms with van der Waals surface area (Å²) in [5, 5.41) is 4.60. The van der Waals surface area contributed by atoms with Gasteiger partial charge in [0, 0.05) is 33.2 Å². The van der Waals surface area contributed by atoms with Crippen molar-refractivity contribution in [3.05, 3.63) is 212 Å². The molecule has 2 heteroatoms. The van der Waals surface area contributed by atoms with E-state index in [1.165, 1.54) is 38.8 Å². The van der Waals surface area contributed by atoms with Gasteiger partial charge in [0.1, 0.15) is 11.2 Å². The lowest BCUT2D eigenvalue weighted by Crippen LogP contribution is -2.09. The summed E-state index contributed by atoms with van der Waals surface area (Å²) in [6, 6.07) is 75.8. The van der Waals surface area contributed by atoms with Gasteiger partial charge in [-0.3, -0.25) is 0 Å². The third-order valence-electron chi connectivity index (χ3n) is 10.5. The van der Waals surface area contributed by atoms with Crippen LogP contribution in [0, 0.1) is 0 Å². The van der Waals surface area contributed by atoms with Crippen LogP contribution in [0.3, 0.4) is 0 Å². The van der Waals surface area contributed by atoms with E-state index in [2.05, 4.69) is 217 Å². The highest BCUT2D eigenvalue weighted by molar-refractivity contribution is 6.19. The Labute approximate surface area is 314 Å². The van der Waals surface area contributed by atoms with Gasteiger partial charge in [0.15, 0.2) is 0 Å². The third kappa shape index (κ3) is 5.71. The third-order valence-corrected chi connectivity index (χ3v) is 10.5. The van der Waals surface area contributed by atoms with Gasteiger partial charge in [0.05, 0.1) is 0 Å². The molecule has 0 saturated heterocycles. The summed E-state index contributed by atoms with van der Waals surface area (Å²) in [6.45, 7) is 0. The monoisotopic (exact) mass is 689 g/mol. The zero-order valence-electron chi connectivity index (χ0n) is 29.6. The van der Waals surface area contributed by atoms with Crippen molar-refractivity contribution >= 4 is 49.8 Å². The van der Waals surface area contributed by atoms with Crippen molar-refractivity contribution in [2.75, 3.05) is 4.90 Å². The molecule has 0 unspecified atom stereocenters. The predicted octanol–water partition coefficient (Wildman–Crippen LogP) is 14.9. The van der Waals surface area contributed by atoms with Crippen LogP contribution in [-0.2, 0) is 0 Å². The number of furan rings is 1. The van der Waals surface area contributed by atoms with Gasteiger partial charge in [-0.25, -0.2) is 0 Å². The Morgan fingerprint density at radius 2 is 0.741 bits per heavy atom. The van der Waals surface area contributed by atoms with Crippen LogP contribution in [0.5, 0.6) is 0 Å². The average molecular weight is 690 g/mol. The molecule has 0 aliphatic rings. The second-order valence-electron chi connectivity index (χ2n) is 13.7. The maximum Gasteiger partial charge on any atom is 0.143 e. The van der Waals surface area contributed by atoms with Gasteiger partial charge in [-0.05, 0) is 98.4 Å². The van der Waals surface area contributed by atoms with E-state index in [-0.39, 0.29) is 0 Å². The normalized spacial score (nSPS) is 11.3. The summed E-state index contributed by atoms with van der Waals surface area (Å²) in [7, 11) is 0. The van der Waals surface area contributed by atoms with Crippen LogP contribution in [0.1, 0.15) is 0 Å². The van der Waals surface area contributed by atoms with Crippen LogP contribution in [0.15, 0.2) is 217 Å². The quantitative estimate of drug-likeness (QED) is 0.166. The Hall–Kier alpha value is -7.16. The van der Waals surface area contributed by atoms with Gasteiger partial charge in [-0.2, -0.15) is 0 Å². The SMILES string of the molecule is c1ccc(-c2ccc(-c3ccc(N(c4ccc(-c5ccccc5)cc4)c4ccc(-c5cccc6oc7c8ccccc8ccc7c56)cc4)cc3)cc2)cc1. The number of nitrogens with zero attached hydrogens (tertiary/aromatic N) is 1. The molecule has 0 amide bonds. The van der Waals surface area contributed by atoms with Gasteiger partial charge in [0.2, 0.25) is 0 Å². The maximum atomic E-state index is 6.51. The number of anilines is 3. The van der Waals surface area contributed by atoms with Crippen LogP contribution in [0.4, 0.5) is 17.1 Å². The van der Waals surface area contributed by atoms with Gasteiger partial charge >= 0.3 is 0 Å². The topological polar surface area (TPSA) is 16.4 Å². The van der Waals surface area contributed by atoms with Gasteiger partial charge < -0.3 is 9.32 Å². The first-order chi connectivity index (χ1) is 26.8. The molecule has 0 aliphatic heterocycles. The Morgan fingerprint density at radius 1 is 0.296 bits per heavy atom. The molecular weight excluding hydrogens is 655 g/mol. The highest BCUT2D eigenvalue weighted by Gasteiger charge is 2.17. The van der Waals surface area contributed by atoms with Crippen molar-refractivity contribution in [2.24, 2.45) is 0 Å². The number of benzene rings is 9. The molecule has 0 aliphatic carbocycles. The summed E-state index contributed by atoms with van der Waals surface area (Å²) in [6.07, 6.45) is 0. The molecule has 0 bridgehead atoms. The minimum absolute atomic E-state index is 0.901. The molecule has 0 N–H and O–H groups in total.